The molecule has 1 aliphatic carbocycles. The van der Waals surface area contributed by atoms with E-state index in [4.69, 9.17) is 0 Å². The van der Waals surface area contributed by atoms with Crippen molar-refractivity contribution in [3.63, 3.8) is 0 Å². The molecule has 2 aliphatic rings. The molecule has 3 nitrogen and oxygen atoms in total. The second-order valence-electron chi connectivity index (χ2n) is 7.22. The average molecular weight is 350 g/mol. The van der Waals surface area contributed by atoms with E-state index >= 15 is 0 Å². The van der Waals surface area contributed by atoms with Gasteiger partial charge in [-0.25, -0.2) is 0 Å². The van der Waals surface area contributed by atoms with E-state index in [0.29, 0.717) is 0 Å². The van der Waals surface area contributed by atoms with Gasteiger partial charge in [-0.15, -0.1) is 11.3 Å². The number of aromatic nitrogens is 1. The molecular formula is C21H22N2OS. The lowest BCUT2D eigenvalue weighted by Gasteiger charge is -2.24. The zero-order chi connectivity index (χ0) is 16.8. The third-order valence-corrected chi connectivity index (χ3v) is 6.70. The maximum atomic E-state index is 13.2. The van der Waals surface area contributed by atoms with Crippen LogP contribution in [0.2, 0.25) is 0 Å². The molecule has 2 aromatic heterocycles. The number of carbonyl (C=O) groups is 1. The van der Waals surface area contributed by atoms with Crippen LogP contribution in [0, 0.1) is 0 Å². The number of benzene rings is 1. The number of hydrogen-bond acceptors (Lipinski definition) is 2. The molecule has 1 atom stereocenters. The summed E-state index contributed by atoms with van der Waals surface area (Å²) in [4.78, 5) is 20.2. The number of nitrogens with one attached hydrogen (secondary N) is 1. The Kier molecular flexibility index (Phi) is 3.66. The van der Waals surface area contributed by atoms with Crippen molar-refractivity contribution in [2.75, 3.05) is 6.54 Å². The molecular weight excluding hydrogens is 328 g/mol. The summed E-state index contributed by atoms with van der Waals surface area (Å²) in [7, 11) is 0. The lowest BCUT2D eigenvalue weighted by atomic mass is 9.95. The Bertz CT molecular complexity index is 925. The van der Waals surface area contributed by atoms with Gasteiger partial charge in [-0.3, -0.25) is 4.79 Å². The quantitative estimate of drug-likeness (QED) is 0.687. The number of carbonyl (C=O) groups excluding carboxylic acids is 1. The van der Waals surface area contributed by atoms with E-state index in [1.165, 1.54) is 39.9 Å². The second-order valence-corrected chi connectivity index (χ2v) is 8.20. The van der Waals surface area contributed by atoms with Crippen LogP contribution in [-0.4, -0.2) is 22.3 Å². The topological polar surface area (TPSA) is 36.1 Å². The first-order valence-electron chi connectivity index (χ1n) is 9.29. The summed E-state index contributed by atoms with van der Waals surface area (Å²) in [6.07, 6.45) is 6.96. The van der Waals surface area contributed by atoms with Crippen LogP contribution in [0.3, 0.4) is 0 Å². The molecule has 5 rings (SSSR count). The van der Waals surface area contributed by atoms with Crippen LogP contribution in [0.4, 0.5) is 0 Å². The molecule has 3 heterocycles. The minimum atomic E-state index is 0.184. The van der Waals surface area contributed by atoms with Gasteiger partial charge in [0, 0.05) is 33.6 Å². The lowest BCUT2D eigenvalue weighted by molar-refractivity contribution is 0.0738. The third-order valence-electron chi connectivity index (χ3n) is 5.73. The number of fused-ring (bicyclic) bond motifs is 3. The van der Waals surface area contributed by atoms with Crippen molar-refractivity contribution in [1.82, 2.24) is 9.88 Å². The third kappa shape index (κ3) is 2.51. The fourth-order valence-electron chi connectivity index (χ4n) is 4.49. The Labute approximate surface area is 151 Å². The number of likely N-dealkylation sites (tertiary alicyclic amines) is 1. The van der Waals surface area contributed by atoms with E-state index < -0.39 is 0 Å². The van der Waals surface area contributed by atoms with Gasteiger partial charge in [0.25, 0.3) is 5.91 Å². The summed E-state index contributed by atoms with van der Waals surface area (Å²) in [6.45, 7) is 0.866. The van der Waals surface area contributed by atoms with Crippen molar-refractivity contribution in [3.05, 3.63) is 57.4 Å². The van der Waals surface area contributed by atoms with Crippen LogP contribution in [0.5, 0.6) is 0 Å². The van der Waals surface area contributed by atoms with Crippen LogP contribution >= 0.6 is 11.3 Å². The van der Waals surface area contributed by atoms with Gasteiger partial charge in [0.2, 0.25) is 0 Å². The van der Waals surface area contributed by atoms with Crippen LogP contribution < -0.4 is 0 Å². The average Bonchev–Trinajstić information content (AvgIpc) is 3.38. The van der Waals surface area contributed by atoms with Crippen molar-refractivity contribution in [2.24, 2.45) is 0 Å². The van der Waals surface area contributed by atoms with Crippen LogP contribution in [0.1, 0.15) is 58.2 Å². The summed E-state index contributed by atoms with van der Waals surface area (Å²) in [5.74, 6) is 0.184. The number of aromatic amines is 1. The van der Waals surface area contributed by atoms with Crippen LogP contribution in [0.15, 0.2) is 35.7 Å². The molecule has 128 valence electrons. The lowest BCUT2D eigenvalue weighted by Crippen LogP contribution is -2.30. The minimum absolute atomic E-state index is 0.184. The minimum Gasteiger partial charge on any atom is -0.358 e. The van der Waals surface area contributed by atoms with E-state index in [-0.39, 0.29) is 11.9 Å². The Balaban J connectivity index is 1.51. The fraction of sp³-hybridized carbons (Fsp3) is 0.381. The second kappa shape index (κ2) is 6.03. The molecule has 1 aliphatic heterocycles. The summed E-state index contributed by atoms with van der Waals surface area (Å²) in [5, 5.41) is 3.36. The fourth-order valence-corrected chi connectivity index (χ4v) is 5.36. The normalized spacial score (nSPS) is 20.2. The molecule has 1 amide bonds. The van der Waals surface area contributed by atoms with Crippen molar-refractivity contribution < 1.29 is 4.79 Å². The van der Waals surface area contributed by atoms with Gasteiger partial charge < -0.3 is 9.88 Å². The summed E-state index contributed by atoms with van der Waals surface area (Å²) >= 11 is 1.76. The number of nitrogens with zero attached hydrogens (tertiary/aromatic N) is 1. The van der Waals surface area contributed by atoms with Gasteiger partial charge >= 0.3 is 0 Å². The highest BCUT2D eigenvalue weighted by Crippen LogP contribution is 2.36. The molecule has 0 radical (unpaired) electrons. The first kappa shape index (κ1) is 15.2. The number of H-pyrrole nitrogens is 1. The molecule has 0 spiro atoms. The maximum Gasteiger partial charge on any atom is 0.254 e. The summed E-state index contributed by atoms with van der Waals surface area (Å²) in [5.41, 5.74) is 4.83. The van der Waals surface area contributed by atoms with E-state index in [2.05, 4.69) is 39.5 Å². The van der Waals surface area contributed by atoms with Gasteiger partial charge in [0.1, 0.15) is 0 Å². The van der Waals surface area contributed by atoms with E-state index in [1.54, 1.807) is 11.3 Å². The number of hydrogen-bond donors (Lipinski definition) is 1. The molecule has 1 fully saturated rings. The highest BCUT2D eigenvalue weighted by Gasteiger charge is 2.31. The molecule has 1 unspecified atom stereocenters. The van der Waals surface area contributed by atoms with E-state index in [9.17, 15) is 4.79 Å². The SMILES string of the molecule is O=C(c1ccc2[nH]c3c(c2c1)CCCC3)N1CCCC1c1cccs1. The summed E-state index contributed by atoms with van der Waals surface area (Å²) in [6, 6.07) is 10.7. The van der Waals surface area contributed by atoms with Gasteiger partial charge in [-0.2, -0.15) is 0 Å². The van der Waals surface area contributed by atoms with E-state index in [0.717, 1.165) is 37.8 Å². The zero-order valence-corrected chi connectivity index (χ0v) is 15.1. The zero-order valence-electron chi connectivity index (χ0n) is 14.3. The first-order chi connectivity index (χ1) is 12.3. The highest BCUT2D eigenvalue weighted by molar-refractivity contribution is 7.10. The maximum absolute atomic E-state index is 13.2. The molecule has 0 saturated carbocycles. The smallest absolute Gasteiger partial charge is 0.254 e. The Hall–Kier alpha value is -2.07. The summed E-state index contributed by atoms with van der Waals surface area (Å²) < 4.78 is 0. The predicted octanol–water partition coefficient (Wildman–Crippen LogP) is 5.09. The molecule has 0 bridgehead atoms. The predicted molar refractivity (Wildman–Crippen MR) is 102 cm³/mol. The van der Waals surface area contributed by atoms with Gasteiger partial charge in [0.05, 0.1) is 6.04 Å². The number of aryl methyl sites for hydroxylation is 2. The molecule has 25 heavy (non-hydrogen) atoms. The Morgan fingerprint density at radius 1 is 1.16 bits per heavy atom. The highest BCUT2D eigenvalue weighted by atomic mass is 32.1. The molecule has 1 saturated heterocycles. The molecule has 4 heteroatoms. The molecule has 3 aromatic rings. The van der Waals surface area contributed by atoms with Crippen LogP contribution in [0.25, 0.3) is 10.9 Å². The monoisotopic (exact) mass is 350 g/mol. The Morgan fingerprint density at radius 3 is 2.96 bits per heavy atom. The van der Waals surface area contributed by atoms with Gasteiger partial charge in [-0.05, 0) is 73.7 Å². The van der Waals surface area contributed by atoms with Crippen molar-refractivity contribution in [2.45, 2.75) is 44.6 Å². The molecule has 1 N–H and O–H groups in total. The molecule has 1 aromatic carbocycles. The largest absolute Gasteiger partial charge is 0.358 e. The number of amides is 1. The number of thiophene rings is 1. The van der Waals surface area contributed by atoms with Gasteiger partial charge in [-0.1, -0.05) is 6.07 Å². The van der Waals surface area contributed by atoms with E-state index in [1.807, 2.05) is 6.07 Å². The standard InChI is InChI=1S/C21H22N2OS/c24-21(23-11-3-7-19(23)20-8-4-12-25-20)14-9-10-18-16(13-14)15-5-1-2-6-17(15)22-18/h4,8-10,12-13,19,22H,1-3,5-7,11H2. The number of rotatable bonds is 2. The van der Waals surface area contributed by atoms with Crippen molar-refractivity contribution >= 4 is 28.1 Å². The Morgan fingerprint density at radius 2 is 2.08 bits per heavy atom. The first-order valence-corrected chi connectivity index (χ1v) is 10.2. The van der Waals surface area contributed by atoms with Crippen LogP contribution in [-0.2, 0) is 12.8 Å². The van der Waals surface area contributed by atoms with Crippen molar-refractivity contribution in [1.29, 1.82) is 0 Å². The van der Waals surface area contributed by atoms with Crippen molar-refractivity contribution in [3.8, 4) is 0 Å². The van der Waals surface area contributed by atoms with Gasteiger partial charge in [0.15, 0.2) is 0 Å².